The molecule has 1 aromatic carbocycles. The molecule has 38 heavy (non-hydrogen) atoms. The lowest BCUT2D eigenvalue weighted by Gasteiger charge is -2.32. The van der Waals surface area contributed by atoms with E-state index in [4.69, 9.17) is 0 Å². The highest BCUT2D eigenvalue weighted by Gasteiger charge is 2.24. The Hall–Kier alpha value is -3.95. The minimum absolute atomic E-state index is 0.0224. The molecule has 5 rings (SSSR count). The van der Waals surface area contributed by atoms with Gasteiger partial charge in [-0.15, -0.1) is 0 Å². The third-order valence-corrected chi connectivity index (χ3v) is 7.28. The maximum Gasteiger partial charge on any atom is 0.273 e. The summed E-state index contributed by atoms with van der Waals surface area (Å²) in [6.07, 6.45) is 13.4. The smallest absolute Gasteiger partial charge is 0.273 e. The molecule has 0 amide bonds. The molecule has 4 aromatic rings. The minimum Gasteiger partial charge on any atom is -0.341 e. The zero-order valence-corrected chi connectivity index (χ0v) is 21.3. The summed E-state index contributed by atoms with van der Waals surface area (Å²) >= 11 is 0. The average molecular weight is 521 g/mol. The largest absolute Gasteiger partial charge is 0.341 e. The number of nitro benzene ring substituents is 1. The Labute approximate surface area is 219 Å². The Morgan fingerprint density at radius 2 is 1.79 bits per heavy atom. The van der Waals surface area contributed by atoms with Gasteiger partial charge in [-0.05, 0) is 54.9 Å². The fourth-order valence-corrected chi connectivity index (χ4v) is 5.13. The van der Waals surface area contributed by atoms with Crippen LogP contribution in [0, 0.1) is 21.7 Å². The van der Waals surface area contributed by atoms with Crippen molar-refractivity contribution in [2.45, 2.75) is 57.9 Å². The molecule has 4 heterocycles. The molecule has 0 unspecified atom stereocenters. The molecule has 10 heteroatoms. The number of anilines is 1. The first kappa shape index (κ1) is 25.7. The molecule has 1 fully saturated rings. The highest BCUT2D eigenvalue weighted by atomic mass is 19.1. The van der Waals surface area contributed by atoms with Gasteiger partial charge in [0.15, 0.2) is 5.82 Å². The highest BCUT2D eigenvalue weighted by Crippen LogP contribution is 2.31. The van der Waals surface area contributed by atoms with Gasteiger partial charge in [0.05, 0.1) is 28.7 Å². The number of piperidine rings is 1. The maximum atomic E-state index is 15.1. The van der Waals surface area contributed by atoms with Gasteiger partial charge in [0, 0.05) is 49.3 Å². The first-order valence-electron chi connectivity index (χ1n) is 13.1. The summed E-state index contributed by atoms with van der Waals surface area (Å²) in [4.78, 5) is 26.0. The molecule has 0 N–H and O–H groups in total. The number of halogens is 2. The fraction of sp³-hybridized carbons (Fsp3) is 0.393. The van der Waals surface area contributed by atoms with E-state index in [1.54, 1.807) is 18.5 Å². The van der Waals surface area contributed by atoms with Crippen molar-refractivity contribution in [2.24, 2.45) is 0 Å². The van der Waals surface area contributed by atoms with Crippen LogP contribution in [0.25, 0.3) is 10.9 Å². The van der Waals surface area contributed by atoms with Crippen molar-refractivity contribution >= 4 is 22.5 Å². The first-order valence-corrected chi connectivity index (χ1v) is 13.1. The van der Waals surface area contributed by atoms with Gasteiger partial charge in [-0.1, -0.05) is 19.8 Å². The molecule has 1 saturated heterocycles. The van der Waals surface area contributed by atoms with Gasteiger partial charge in [-0.2, -0.15) is 0 Å². The number of pyridine rings is 1. The second kappa shape index (κ2) is 11.2. The molecule has 8 nitrogen and oxygen atoms in total. The Morgan fingerprint density at radius 3 is 2.47 bits per heavy atom. The zero-order chi connectivity index (χ0) is 26.6. The third-order valence-electron chi connectivity index (χ3n) is 7.28. The van der Waals surface area contributed by atoms with Crippen molar-refractivity contribution < 1.29 is 13.7 Å². The number of fused-ring (bicyclic) bond motifs is 1. The van der Waals surface area contributed by atoms with Crippen LogP contribution in [0.5, 0.6) is 0 Å². The first-order chi connectivity index (χ1) is 18.4. The highest BCUT2D eigenvalue weighted by molar-refractivity contribution is 5.83. The Morgan fingerprint density at radius 1 is 1.03 bits per heavy atom. The molecule has 1 aliphatic rings. The Balaban J connectivity index is 1.22. The van der Waals surface area contributed by atoms with E-state index in [-0.39, 0.29) is 29.4 Å². The molecular weight excluding hydrogens is 490 g/mol. The summed E-state index contributed by atoms with van der Waals surface area (Å²) in [6.45, 7) is 3.77. The zero-order valence-electron chi connectivity index (χ0n) is 21.3. The van der Waals surface area contributed by atoms with Crippen molar-refractivity contribution in [1.29, 1.82) is 0 Å². The number of aromatic nitrogens is 4. The number of hydrogen-bond donors (Lipinski definition) is 0. The lowest BCUT2D eigenvalue weighted by molar-refractivity contribution is -0.384. The lowest BCUT2D eigenvalue weighted by atomic mass is 9.90. The molecule has 0 atom stereocenters. The quantitative estimate of drug-likeness (QED) is 0.149. The van der Waals surface area contributed by atoms with E-state index in [1.165, 1.54) is 29.5 Å². The summed E-state index contributed by atoms with van der Waals surface area (Å²) in [5.74, 6) is -0.255. The van der Waals surface area contributed by atoms with Gasteiger partial charge >= 0.3 is 0 Å². The van der Waals surface area contributed by atoms with Crippen molar-refractivity contribution in [3.05, 3.63) is 87.6 Å². The third kappa shape index (κ3) is 5.49. The summed E-state index contributed by atoms with van der Waals surface area (Å²) in [5, 5.41) is 11.4. The number of aryl methyl sites for hydroxylation is 1. The van der Waals surface area contributed by atoms with Crippen LogP contribution in [0.15, 0.2) is 49.1 Å². The van der Waals surface area contributed by atoms with Crippen LogP contribution >= 0.6 is 0 Å². The van der Waals surface area contributed by atoms with E-state index < -0.39 is 16.6 Å². The maximum absolute atomic E-state index is 15.1. The summed E-state index contributed by atoms with van der Waals surface area (Å²) in [5.41, 5.74) is 2.06. The minimum atomic E-state index is -0.724. The molecule has 198 valence electrons. The topological polar surface area (TPSA) is 90.0 Å². The van der Waals surface area contributed by atoms with Gasteiger partial charge in [0.1, 0.15) is 5.82 Å². The number of benzene rings is 1. The Kier molecular flexibility index (Phi) is 7.57. The van der Waals surface area contributed by atoms with Crippen molar-refractivity contribution in [3.8, 4) is 0 Å². The van der Waals surface area contributed by atoms with E-state index in [1.807, 2.05) is 12.4 Å². The van der Waals surface area contributed by atoms with E-state index in [0.29, 0.717) is 5.39 Å². The van der Waals surface area contributed by atoms with Crippen molar-refractivity contribution in [3.63, 3.8) is 0 Å². The molecular formula is C28H30F2N6O2. The summed E-state index contributed by atoms with van der Waals surface area (Å²) < 4.78 is 31.2. The van der Waals surface area contributed by atoms with Gasteiger partial charge in [0.25, 0.3) is 5.69 Å². The van der Waals surface area contributed by atoms with Crippen molar-refractivity contribution in [1.82, 2.24) is 19.5 Å². The molecule has 3 aromatic heterocycles. The van der Waals surface area contributed by atoms with Crippen LogP contribution in [0.4, 0.5) is 20.4 Å². The SMILES string of the molecule is CCCCCc1cnc(N2CCC(c3cnc(Cn4ccc5cc([N+](=O)[O-])cc(F)c54)c(F)c3)CC2)nc1. The average Bonchev–Trinajstić information content (AvgIpc) is 3.34. The van der Waals surface area contributed by atoms with Crippen LogP contribution in [0.2, 0.25) is 0 Å². The number of non-ortho nitro benzene ring substituents is 1. The van der Waals surface area contributed by atoms with Gasteiger partial charge in [-0.25, -0.2) is 18.7 Å². The molecule has 0 aliphatic carbocycles. The van der Waals surface area contributed by atoms with Crippen LogP contribution in [-0.2, 0) is 13.0 Å². The van der Waals surface area contributed by atoms with Crippen LogP contribution in [-0.4, -0.2) is 37.5 Å². The molecule has 0 radical (unpaired) electrons. The predicted molar refractivity (Wildman–Crippen MR) is 141 cm³/mol. The normalized spacial score (nSPS) is 14.3. The van der Waals surface area contributed by atoms with E-state index in [9.17, 15) is 14.5 Å². The molecule has 0 saturated carbocycles. The van der Waals surface area contributed by atoms with E-state index in [2.05, 4.69) is 26.8 Å². The number of rotatable bonds is 9. The second-order valence-corrected chi connectivity index (χ2v) is 9.87. The lowest BCUT2D eigenvalue weighted by Crippen LogP contribution is -2.34. The molecule has 0 spiro atoms. The summed E-state index contributed by atoms with van der Waals surface area (Å²) in [7, 11) is 0. The van der Waals surface area contributed by atoms with Crippen molar-refractivity contribution in [2.75, 3.05) is 18.0 Å². The monoisotopic (exact) mass is 520 g/mol. The van der Waals surface area contributed by atoms with Crippen LogP contribution < -0.4 is 4.90 Å². The van der Waals surface area contributed by atoms with Crippen LogP contribution in [0.1, 0.15) is 61.8 Å². The number of nitro groups is 1. The van der Waals surface area contributed by atoms with E-state index >= 15 is 4.39 Å². The van der Waals surface area contributed by atoms with E-state index in [0.717, 1.165) is 61.9 Å². The standard InChI is InChI=1S/C28H30F2N6O2/c1-2-3-4-5-19-15-32-28(33-16-19)34-9-6-20(7-10-34)22-13-24(29)26(31-17-22)18-35-11-8-21-12-23(36(37)38)14-25(30)27(21)35/h8,11-17,20H,2-7,9-10,18H2,1H3. The fourth-order valence-electron chi connectivity index (χ4n) is 5.13. The second-order valence-electron chi connectivity index (χ2n) is 9.87. The molecule has 0 bridgehead atoms. The number of unbranched alkanes of at least 4 members (excludes halogenated alkanes) is 2. The number of hydrogen-bond acceptors (Lipinski definition) is 6. The summed E-state index contributed by atoms with van der Waals surface area (Å²) in [6, 6.07) is 5.29. The molecule has 1 aliphatic heterocycles. The van der Waals surface area contributed by atoms with Crippen LogP contribution in [0.3, 0.4) is 0 Å². The Bertz CT molecular complexity index is 1430. The van der Waals surface area contributed by atoms with Gasteiger partial charge < -0.3 is 9.47 Å². The van der Waals surface area contributed by atoms with Gasteiger partial charge in [-0.3, -0.25) is 15.1 Å². The predicted octanol–water partition coefficient (Wildman–Crippen LogP) is 6.18. The van der Waals surface area contributed by atoms with Gasteiger partial charge in [0.2, 0.25) is 5.95 Å². The number of nitrogens with zero attached hydrogens (tertiary/aromatic N) is 6.